The van der Waals surface area contributed by atoms with E-state index in [-0.39, 0.29) is 21.2 Å². The highest BCUT2D eigenvalue weighted by Crippen LogP contribution is 2.14. The maximum atomic E-state index is 10.6. The first-order valence-electron chi connectivity index (χ1n) is 17.4. The number of aryl methyl sites for hydroxylation is 2. The zero-order chi connectivity index (χ0) is 36.2. The number of benzene rings is 2. The fourth-order valence-corrected chi connectivity index (χ4v) is 5.04. The van der Waals surface area contributed by atoms with Crippen molar-refractivity contribution in [3.63, 3.8) is 0 Å². The molecule has 12 nitrogen and oxygen atoms in total. The Morgan fingerprint density at radius 2 is 0.812 bits per heavy atom. The van der Waals surface area contributed by atoms with Crippen LogP contribution in [-0.4, -0.2) is 62.1 Å². The van der Waals surface area contributed by atoms with E-state index in [1.54, 1.807) is 34.1 Å². The number of rotatable bonds is 22. The number of nitrogens with one attached hydrogen (secondary N) is 2. The summed E-state index contributed by atoms with van der Waals surface area (Å²) < 4.78 is 0. The Bertz CT molecular complexity index is 1070. The molecule has 0 amide bonds. The minimum atomic E-state index is -2.19. The van der Waals surface area contributed by atoms with E-state index in [1.165, 1.54) is 102 Å². The van der Waals surface area contributed by atoms with Crippen molar-refractivity contribution < 1.29 is 39.4 Å². The first kappa shape index (κ1) is 44.1. The van der Waals surface area contributed by atoms with Gasteiger partial charge in [-0.2, -0.15) is 0 Å². The Morgan fingerprint density at radius 1 is 0.521 bits per heavy atom. The Hall–Kier alpha value is -3.90. The van der Waals surface area contributed by atoms with Crippen molar-refractivity contribution in [2.24, 2.45) is 0 Å². The second-order valence-electron chi connectivity index (χ2n) is 12.4. The van der Waals surface area contributed by atoms with Crippen molar-refractivity contribution in [2.45, 2.75) is 104 Å². The van der Waals surface area contributed by atoms with Crippen molar-refractivity contribution in [1.29, 1.82) is 0 Å². The van der Waals surface area contributed by atoms with E-state index in [2.05, 4.69) is 27.9 Å². The molecule has 0 aliphatic rings. The van der Waals surface area contributed by atoms with Gasteiger partial charge in [0.2, 0.25) is 0 Å². The van der Waals surface area contributed by atoms with Crippen LogP contribution in [0.25, 0.3) is 0 Å². The Balaban J connectivity index is 0.000000787. The van der Waals surface area contributed by atoms with Crippen LogP contribution in [0, 0.1) is 20.2 Å². The fourth-order valence-electron chi connectivity index (χ4n) is 5.04. The van der Waals surface area contributed by atoms with E-state index < -0.39 is 11.9 Å². The summed E-state index contributed by atoms with van der Waals surface area (Å²) in [5.41, 5.74) is 2.74. The van der Waals surface area contributed by atoms with Gasteiger partial charge in [-0.05, 0) is 75.3 Å². The minimum Gasteiger partial charge on any atom is -0.543 e. The van der Waals surface area contributed by atoms with Crippen LogP contribution < -0.4 is 20.0 Å². The summed E-state index contributed by atoms with van der Waals surface area (Å²) >= 11 is 0. The highest BCUT2D eigenvalue weighted by Gasteiger charge is 2.06. The standard InChI is InChI=1S/2C17H28N2O2.C2H2O4/c2*1-3-4-5-7-14-18(2)15-8-6-9-16-10-12-17(13-11-16)19(20)21;3-1(4)2(5)6/h2*10-13H,3-9,14-15H2,1-2H3;(H,3,4)(H,5,6). The van der Waals surface area contributed by atoms with E-state index in [4.69, 9.17) is 19.8 Å². The van der Waals surface area contributed by atoms with Gasteiger partial charge in [-0.25, -0.2) is 0 Å². The number of nitro groups is 2. The average Bonchev–Trinajstić information content (AvgIpc) is 3.06. The van der Waals surface area contributed by atoms with Gasteiger partial charge in [-0.15, -0.1) is 0 Å². The molecular weight excluding hydrogens is 616 g/mol. The number of hydrogen-bond donors (Lipinski definition) is 2. The maximum absolute atomic E-state index is 10.6. The van der Waals surface area contributed by atoms with Gasteiger partial charge in [0.1, 0.15) is 0 Å². The summed E-state index contributed by atoms with van der Waals surface area (Å²) in [6.07, 6.45) is 17.5. The minimum absolute atomic E-state index is 0.176. The molecule has 2 atom stereocenters. The van der Waals surface area contributed by atoms with E-state index in [9.17, 15) is 20.2 Å². The zero-order valence-electron chi connectivity index (χ0n) is 29.5. The second-order valence-corrected chi connectivity index (χ2v) is 12.4. The number of hydrogen-bond acceptors (Lipinski definition) is 8. The summed E-state index contributed by atoms with van der Waals surface area (Å²) in [4.78, 5) is 41.6. The SMILES string of the molecule is CCCCCC[NH+](C)CCCCc1ccc([N+](=O)[O-])cc1.CCCCCC[NH+](C)CCCCc1ccc([N+](=O)[O-])cc1.O=C([O-])C(=O)[O-]. The first-order valence-corrected chi connectivity index (χ1v) is 17.4. The lowest BCUT2D eigenvalue weighted by Gasteiger charge is -2.13. The molecule has 0 radical (unpaired) electrons. The smallest absolute Gasteiger partial charge is 0.269 e. The van der Waals surface area contributed by atoms with Crippen LogP contribution in [0.2, 0.25) is 0 Å². The maximum Gasteiger partial charge on any atom is 0.269 e. The highest BCUT2D eigenvalue weighted by molar-refractivity contribution is 6.25. The number of carbonyl (C=O) groups excluding carboxylic acids is 2. The van der Waals surface area contributed by atoms with Crippen LogP contribution in [0.3, 0.4) is 0 Å². The quantitative estimate of drug-likeness (QED) is 0.0829. The number of nitrogens with zero attached hydrogens (tertiary/aromatic N) is 2. The molecule has 2 aromatic rings. The Morgan fingerprint density at radius 3 is 1.06 bits per heavy atom. The predicted molar refractivity (Wildman–Crippen MR) is 184 cm³/mol. The van der Waals surface area contributed by atoms with Gasteiger partial charge < -0.3 is 29.6 Å². The summed E-state index contributed by atoms with van der Waals surface area (Å²) in [7, 11) is 4.55. The molecule has 48 heavy (non-hydrogen) atoms. The Kier molecular flexibility index (Phi) is 25.9. The third-order valence-electron chi connectivity index (χ3n) is 8.01. The van der Waals surface area contributed by atoms with Crippen LogP contribution >= 0.6 is 0 Å². The Labute approximate surface area is 286 Å². The third kappa shape index (κ3) is 24.3. The number of unbranched alkanes of at least 4 members (excludes halogenated alkanes) is 8. The number of aliphatic carboxylic acids is 2. The molecule has 2 unspecified atom stereocenters. The molecule has 12 heteroatoms. The van der Waals surface area contributed by atoms with Crippen LogP contribution in [0.1, 0.15) is 102 Å². The van der Waals surface area contributed by atoms with Crippen LogP contribution in [0.15, 0.2) is 48.5 Å². The lowest BCUT2D eigenvalue weighted by molar-refractivity contribution is -0.880. The van der Waals surface area contributed by atoms with Gasteiger partial charge in [-0.3, -0.25) is 20.2 Å². The topological polar surface area (TPSA) is 175 Å². The molecule has 0 aliphatic carbocycles. The van der Waals surface area contributed by atoms with Gasteiger partial charge in [0.25, 0.3) is 11.4 Å². The molecule has 0 fully saturated rings. The molecule has 2 rings (SSSR count). The lowest BCUT2D eigenvalue weighted by Crippen LogP contribution is -3.09. The largest absolute Gasteiger partial charge is 0.543 e. The van der Waals surface area contributed by atoms with E-state index >= 15 is 0 Å². The predicted octanol–water partition coefficient (Wildman–Crippen LogP) is 2.51. The van der Waals surface area contributed by atoms with Gasteiger partial charge in [0.15, 0.2) is 0 Å². The van der Waals surface area contributed by atoms with Crippen molar-refractivity contribution in [3.8, 4) is 0 Å². The molecule has 0 bridgehead atoms. The molecule has 0 spiro atoms. The first-order chi connectivity index (χ1) is 22.9. The fraction of sp³-hybridized carbons (Fsp3) is 0.611. The number of quaternary nitrogens is 2. The normalized spacial score (nSPS) is 11.7. The molecule has 0 aliphatic heterocycles. The van der Waals surface area contributed by atoms with E-state index in [0.717, 1.165) is 25.7 Å². The van der Waals surface area contributed by atoms with Gasteiger partial charge in [0, 0.05) is 24.3 Å². The van der Waals surface area contributed by atoms with Gasteiger partial charge in [-0.1, -0.05) is 63.8 Å². The highest BCUT2D eigenvalue weighted by atomic mass is 16.6. The molecule has 0 aromatic heterocycles. The van der Waals surface area contributed by atoms with Crippen molar-refractivity contribution in [1.82, 2.24) is 0 Å². The lowest BCUT2D eigenvalue weighted by atomic mass is 10.1. The van der Waals surface area contributed by atoms with Crippen molar-refractivity contribution >= 4 is 23.3 Å². The monoisotopic (exact) mass is 674 g/mol. The van der Waals surface area contributed by atoms with Crippen LogP contribution in [0.5, 0.6) is 0 Å². The molecule has 2 N–H and O–H groups in total. The van der Waals surface area contributed by atoms with Crippen molar-refractivity contribution in [2.75, 3.05) is 40.3 Å². The summed E-state index contributed by atoms with van der Waals surface area (Å²) in [5, 5.41) is 39.0. The number of carbonyl (C=O) groups is 2. The van der Waals surface area contributed by atoms with Crippen molar-refractivity contribution in [3.05, 3.63) is 79.9 Å². The summed E-state index contributed by atoms with van der Waals surface area (Å²) in [5.74, 6) is -4.37. The zero-order valence-corrected chi connectivity index (χ0v) is 29.5. The molecule has 0 heterocycles. The summed E-state index contributed by atoms with van der Waals surface area (Å²) in [6.45, 7) is 9.48. The van der Waals surface area contributed by atoms with Crippen LogP contribution in [0.4, 0.5) is 11.4 Å². The van der Waals surface area contributed by atoms with E-state index in [0.29, 0.717) is 0 Å². The number of nitro benzene ring substituents is 2. The molecule has 0 saturated carbocycles. The average molecular weight is 675 g/mol. The number of carboxylic acids is 2. The van der Waals surface area contributed by atoms with E-state index in [1.807, 2.05) is 24.3 Å². The second kappa shape index (κ2) is 28.1. The van der Waals surface area contributed by atoms with Gasteiger partial charge in [0.05, 0.1) is 62.1 Å². The number of carboxylic acid groups (broad SMARTS) is 2. The van der Waals surface area contributed by atoms with Gasteiger partial charge >= 0.3 is 0 Å². The van der Waals surface area contributed by atoms with Crippen LogP contribution in [-0.2, 0) is 22.4 Å². The molecule has 270 valence electrons. The number of non-ortho nitro benzene ring substituents is 2. The molecule has 0 saturated heterocycles. The molecule has 2 aromatic carbocycles. The molecular formula is C36H58N4O8. The summed E-state index contributed by atoms with van der Waals surface area (Å²) in [6, 6.07) is 13.9. The third-order valence-corrected chi connectivity index (χ3v) is 8.01.